The van der Waals surface area contributed by atoms with E-state index in [4.69, 9.17) is 11.5 Å². The third kappa shape index (κ3) is 4.42. The van der Waals surface area contributed by atoms with Gasteiger partial charge >= 0.3 is 0 Å². The number of hydrogen-bond acceptors (Lipinski definition) is 3. The molecule has 0 saturated heterocycles. The van der Waals surface area contributed by atoms with E-state index in [-0.39, 0.29) is 11.9 Å². The van der Waals surface area contributed by atoms with Gasteiger partial charge in [0, 0.05) is 19.0 Å². The second-order valence-corrected chi connectivity index (χ2v) is 3.71. The van der Waals surface area contributed by atoms with Crippen molar-refractivity contribution in [1.82, 2.24) is 5.32 Å². The van der Waals surface area contributed by atoms with Gasteiger partial charge in [0.25, 0.3) is 0 Å². The smallest absolute Gasteiger partial charge is 0.221 e. The van der Waals surface area contributed by atoms with Gasteiger partial charge in [-0.3, -0.25) is 4.79 Å². The molecule has 0 spiro atoms. The van der Waals surface area contributed by atoms with E-state index in [1.54, 1.807) is 0 Å². The summed E-state index contributed by atoms with van der Waals surface area (Å²) < 4.78 is 0. The predicted molar refractivity (Wildman–Crippen MR) is 64.7 cm³/mol. The summed E-state index contributed by atoms with van der Waals surface area (Å²) in [5, 5.41) is 2.79. The van der Waals surface area contributed by atoms with E-state index in [1.807, 2.05) is 30.3 Å². The van der Waals surface area contributed by atoms with Crippen LogP contribution in [0.25, 0.3) is 0 Å². The van der Waals surface area contributed by atoms with E-state index in [0.29, 0.717) is 19.5 Å². The van der Waals surface area contributed by atoms with Crippen LogP contribution in [0.1, 0.15) is 24.4 Å². The number of carbonyl (C=O) groups is 1. The zero-order valence-corrected chi connectivity index (χ0v) is 9.36. The summed E-state index contributed by atoms with van der Waals surface area (Å²) in [6, 6.07) is 9.38. The van der Waals surface area contributed by atoms with Crippen molar-refractivity contribution in [3.8, 4) is 0 Å². The first-order valence-electron chi connectivity index (χ1n) is 5.51. The molecule has 4 nitrogen and oxygen atoms in total. The highest BCUT2D eigenvalue weighted by atomic mass is 16.1. The lowest BCUT2D eigenvalue weighted by Gasteiger charge is -2.11. The maximum atomic E-state index is 11.5. The summed E-state index contributed by atoms with van der Waals surface area (Å²) in [6.45, 7) is 1.21. The van der Waals surface area contributed by atoms with Gasteiger partial charge in [-0.05, 0) is 18.5 Å². The standard InChI is InChI=1S/C12H19N3O/c13-7-4-8-15-12(16)9-11(14)10-5-2-1-3-6-10/h1-3,5-6,11H,4,7-9,13-14H2,(H,15,16). The lowest BCUT2D eigenvalue weighted by atomic mass is 10.0. The average molecular weight is 221 g/mol. The van der Waals surface area contributed by atoms with Gasteiger partial charge in [-0.2, -0.15) is 0 Å². The summed E-state index contributed by atoms with van der Waals surface area (Å²) in [5.74, 6) is -0.0233. The number of rotatable bonds is 6. The number of benzene rings is 1. The molecule has 1 aromatic carbocycles. The average Bonchev–Trinajstić information content (AvgIpc) is 2.30. The van der Waals surface area contributed by atoms with Gasteiger partial charge < -0.3 is 16.8 Å². The fourth-order valence-corrected chi connectivity index (χ4v) is 1.42. The predicted octanol–water partition coefficient (Wildman–Crippen LogP) is 0.542. The molecule has 1 unspecified atom stereocenters. The minimum atomic E-state index is -0.237. The van der Waals surface area contributed by atoms with Gasteiger partial charge in [0.2, 0.25) is 5.91 Å². The molecule has 4 heteroatoms. The summed E-state index contributed by atoms with van der Waals surface area (Å²) >= 11 is 0. The molecule has 1 aromatic rings. The maximum absolute atomic E-state index is 11.5. The Morgan fingerprint density at radius 1 is 1.31 bits per heavy atom. The lowest BCUT2D eigenvalue weighted by molar-refractivity contribution is -0.121. The second-order valence-electron chi connectivity index (χ2n) is 3.71. The van der Waals surface area contributed by atoms with E-state index in [9.17, 15) is 4.79 Å². The SMILES string of the molecule is NCCCNC(=O)CC(N)c1ccccc1. The normalized spacial score (nSPS) is 12.1. The zero-order chi connectivity index (χ0) is 11.8. The molecular formula is C12H19N3O. The molecule has 0 aromatic heterocycles. The van der Waals surface area contributed by atoms with Crippen LogP contribution in [-0.2, 0) is 4.79 Å². The van der Waals surface area contributed by atoms with Crippen molar-refractivity contribution < 1.29 is 4.79 Å². The molecule has 1 atom stereocenters. The Bertz CT molecular complexity index is 313. The Kier molecular flexibility index (Phi) is 5.53. The highest BCUT2D eigenvalue weighted by Crippen LogP contribution is 2.12. The van der Waals surface area contributed by atoms with Crippen molar-refractivity contribution in [3.63, 3.8) is 0 Å². The molecule has 0 radical (unpaired) electrons. The molecular weight excluding hydrogens is 202 g/mol. The van der Waals surface area contributed by atoms with Crippen LogP contribution in [-0.4, -0.2) is 19.0 Å². The minimum absolute atomic E-state index is 0.0233. The lowest BCUT2D eigenvalue weighted by Crippen LogP contribution is -2.29. The van der Waals surface area contributed by atoms with Crippen LogP contribution in [0.5, 0.6) is 0 Å². The number of nitrogens with two attached hydrogens (primary N) is 2. The van der Waals surface area contributed by atoms with Crippen LogP contribution in [0.3, 0.4) is 0 Å². The highest BCUT2D eigenvalue weighted by molar-refractivity contribution is 5.76. The van der Waals surface area contributed by atoms with Crippen LogP contribution in [0.4, 0.5) is 0 Å². The molecule has 0 heterocycles. The summed E-state index contributed by atoms with van der Waals surface area (Å²) in [7, 11) is 0. The van der Waals surface area contributed by atoms with Crippen LogP contribution >= 0.6 is 0 Å². The number of nitrogens with one attached hydrogen (secondary N) is 1. The first-order chi connectivity index (χ1) is 7.74. The largest absolute Gasteiger partial charge is 0.356 e. The van der Waals surface area contributed by atoms with Crippen molar-refractivity contribution in [1.29, 1.82) is 0 Å². The molecule has 0 fully saturated rings. The van der Waals surface area contributed by atoms with Gasteiger partial charge in [0.1, 0.15) is 0 Å². The van der Waals surface area contributed by atoms with Gasteiger partial charge in [-0.1, -0.05) is 30.3 Å². The van der Waals surface area contributed by atoms with E-state index >= 15 is 0 Å². The highest BCUT2D eigenvalue weighted by Gasteiger charge is 2.10. The first-order valence-corrected chi connectivity index (χ1v) is 5.51. The van der Waals surface area contributed by atoms with Crippen molar-refractivity contribution in [2.24, 2.45) is 11.5 Å². The van der Waals surface area contributed by atoms with Gasteiger partial charge in [-0.25, -0.2) is 0 Å². The molecule has 0 bridgehead atoms. The van der Waals surface area contributed by atoms with Crippen molar-refractivity contribution in [2.45, 2.75) is 18.9 Å². The van der Waals surface area contributed by atoms with Crippen LogP contribution in [0.2, 0.25) is 0 Å². The molecule has 1 amide bonds. The molecule has 0 aliphatic carbocycles. The quantitative estimate of drug-likeness (QED) is 0.613. The van der Waals surface area contributed by atoms with E-state index in [1.165, 1.54) is 0 Å². The first kappa shape index (κ1) is 12.7. The van der Waals surface area contributed by atoms with Crippen molar-refractivity contribution in [3.05, 3.63) is 35.9 Å². The van der Waals surface area contributed by atoms with Crippen LogP contribution in [0, 0.1) is 0 Å². The molecule has 0 aliphatic heterocycles. The third-order valence-corrected chi connectivity index (χ3v) is 2.34. The summed E-state index contributed by atoms with van der Waals surface area (Å²) in [6.07, 6.45) is 1.11. The topological polar surface area (TPSA) is 81.1 Å². The van der Waals surface area contributed by atoms with Crippen molar-refractivity contribution >= 4 is 5.91 Å². The Balaban J connectivity index is 2.34. The van der Waals surface area contributed by atoms with Gasteiger partial charge in [0.05, 0.1) is 0 Å². The Morgan fingerprint density at radius 2 is 2.00 bits per heavy atom. The molecule has 0 aliphatic rings. The van der Waals surface area contributed by atoms with Crippen LogP contribution < -0.4 is 16.8 Å². The number of amides is 1. The van der Waals surface area contributed by atoms with Crippen molar-refractivity contribution in [2.75, 3.05) is 13.1 Å². The van der Waals surface area contributed by atoms with Gasteiger partial charge in [-0.15, -0.1) is 0 Å². The number of carbonyl (C=O) groups excluding carboxylic acids is 1. The zero-order valence-electron chi connectivity index (χ0n) is 9.36. The van der Waals surface area contributed by atoms with Crippen LogP contribution in [0.15, 0.2) is 30.3 Å². The monoisotopic (exact) mass is 221 g/mol. The number of hydrogen-bond donors (Lipinski definition) is 3. The Hall–Kier alpha value is -1.39. The van der Waals surface area contributed by atoms with E-state index in [2.05, 4.69) is 5.32 Å². The third-order valence-electron chi connectivity index (χ3n) is 2.34. The van der Waals surface area contributed by atoms with E-state index in [0.717, 1.165) is 12.0 Å². The second kappa shape index (κ2) is 6.98. The molecule has 5 N–H and O–H groups in total. The maximum Gasteiger partial charge on any atom is 0.221 e. The molecule has 1 rings (SSSR count). The minimum Gasteiger partial charge on any atom is -0.356 e. The Labute approximate surface area is 96.0 Å². The van der Waals surface area contributed by atoms with Gasteiger partial charge in [0.15, 0.2) is 0 Å². The Morgan fingerprint density at radius 3 is 2.62 bits per heavy atom. The fourth-order valence-electron chi connectivity index (χ4n) is 1.42. The summed E-state index contributed by atoms with van der Waals surface area (Å²) in [4.78, 5) is 11.5. The molecule has 0 saturated carbocycles. The molecule has 16 heavy (non-hydrogen) atoms. The summed E-state index contributed by atoms with van der Waals surface area (Å²) in [5.41, 5.74) is 12.2. The fraction of sp³-hybridized carbons (Fsp3) is 0.417. The van der Waals surface area contributed by atoms with E-state index < -0.39 is 0 Å². The molecule has 88 valence electrons.